The molecular formula is C15H11F4N3O2. The number of ether oxygens (including phenoxy) is 1. The zero-order chi connectivity index (χ0) is 17.3. The second-order valence-electron chi connectivity index (χ2n) is 5.18. The van der Waals surface area contributed by atoms with Crippen LogP contribution in [0.5, 0.6) is 5.75 Å². The molecule has 126 valence electrons. The summed E-state index contributed by atoms with van der Waals surface area (Å²) < 4.78 is 56.6. The van der Waals surface area contributed by atoms with Gasteiger partial charge in [0, 0.05) is 18.5 Å². The summed E-state index contributed by atoms with van der Waals surface area (Å²) in [5, 5.41) is 0. The van der Waals surface area contributed by atoms with Crippen LogP contribution >= 0.6 is 0 Å². The van der Waals surface area contributed by atoms with Gasteiger partial charge in [0.25, 0.3) is 5.91 Å². The molecular weight excluding hydrogens is 330 g/mol. The molecule has 3 rings (SSSR count). The average Bonchev–Trinajstić information content (AvgIpc) is 2.50. The van der Waals surface area contributed by atoms with Crippen molar-refractivity contribution in [3.05, 3.63) is 53.9 Å². The van der Waals surface area contributed by atoms with Crippen LogP contribution in [0.4, 0.5) is 17.6 Å². The third-order valence-electron chi connectivity index (χ3n) is 3.46. The van der Waals surface area contributed by atoms with Gasteiger partial charge < -0.3 is 9.64 Å². The first-order valence-electron chi connectivity index (χ1n) is 6.93. The van der Waals surface area contributed by atoms with Crippen LogP contribution in [0.2, 0.25) is 0 Å². The van der Waals surface area contributed by atoms with Crippen LogP contribution in [-0.2, 0) is 6.18 Å². The van der Waals surface area contributed by atoms with Gasteiger partial charge in [-0.2, -0.15) is 13.2 Å². The predicted molar refractivity (Wildman–Crippen MR) is 73.8 cm³/mol. The van der Waals surface area contributed by atoms with E-state index in [4.69, 9.17) is 4.74 Å². The first-order chi connectivity index (χ1) is 11.3. The van der Waals surface area contributed by atoms with Gasteiger partial charge in [0.2, 0.25) is 0 Å². The van der Waals surface area contributed by atoms with Gasteiger partial charge in [-0.3, -0.25) is 14.8 Å². The van der Waals surface area contributed by atoms with Crippen LogP contribution in [0.15, 0.2) is 36.8 Å². The van der Waals surface area contributed by atoms with E-state index in [9.17, 15) is 22.4 Å². The van der Waals surface area contributed by atoms with E-state index < -0.39 is 29.7 Å². The third kappa shape index (κ3) is 3.29. The summed E-state index contributed by atoms with van der Waals surface area (Å²) in [6, 6.07) is 3.37. The molecule has 5 nitrogen and oxygen atoms in total. The van der Waals surface area contributed by atoms with Crippen molar-refractivity contribution in [3.63, 3.8) is 0 Å². The zero-order valence-electron chi connectivity index (χ0n) is 12.1. The maximum Gasteiger partial charge on any atom is 0.433 e. The fourth-order valence-electron chi connectivity index (χ4n) is 2.23. The Morgan fingerprint density at radius 2 is 2.00 bits per heavy atom. The molecule has 0 unspecified atom stereocenters. The molecule has 9 heteroatoms. The maximum atomic E-state index is 13.5. The Morgan fingerprint density at radius 3 is 2.67 bits per heavy atom. The van der Waals surface area contributed by atoms with Gasteiger partial charge in [0.1, 0.15) is 17.5 Å². The zero-order valence-corrected chi connectivity index (χ0v) is 12.1. The molecule has 0 spiro atoms. The number of aromatic nitrogens is 2. The largest absolute Gasteiger partial charge is 0.487 e. The summed E-state index contributed by atoms with van der Waals surface area (Å²) in [5.41, 5.74) is -1.15. The molecule has 1 amide bonds. The van der Waals surface area contributed by atoms with Crippen LogP contribution < -0.4 is 4.74 Å². The Labute approximate surface area is 133 Å². The number of alkyl halides is 3. The number of rotatable bonds is 3. The molecule has 0 radical (unpaired) electrons. The Morgan fingerprint density at radius 1 is 1.25 bits per heavy atom. The highest BCUT2D eigenvalue weighted by Crippen LogP contribution is 2.30. The molecule has 3 heterocycles. The number of pyridine rings is 2. The van der Waals surface area contributed by atoms with Crippen molar-refractivity contribution >= 4 is 5.91 Å². The topological polar surface area (TPSA) is 55.3 Å². The minimum absolute atomic E-state index is 0.0181. The molecule has 0 bridgehead atoms. The summed E-state index contributed by atoms with van der Waals surface area (Å²) in [4.78, 5) is 20.2. The molecule has 24 heavy (non-hydrogen) atoms. The molecule has 1 aliphatic rings. The monoisotopic (exact) mass is 341 g/mol. The Kier molecular flexibility index (Phi) is 4.08. The second-order valence-corrected chi connectivity index (χ2v) is 5.18. The number of nitrogens with zero attached hydrogens (tertiary/aromatic N) is 3. The second kappa shape index (κ2) is 6.06. The lowest BCUT2D eigenvalue weighted by atomic mass is 10.1. The third-order valence-corrected chi connectivity index (χ3v) is 3.46. The van der Waals surface area contributed by atoms with E-state index in [1.54, 1.807) is 0 Å². The number of amides is 1. The molecule has 1 saturated heterocycles. The van der Waals surface area contributed by atoms with Crippen LogP contribution in [0.25, 0.3) is 0 Å². The van der Waals surface area contributed by atoms with Gasteiger partial charge >= 0.3 is 6.18 Å². The van der Waals surface area contributed by atoms with Crippen molar-refractivity contribution in [1.29, 1.82) is 0 Å². The lowest BCUT2D eigenvalue weighted by Gasteiger charge is -2.39. The number of halogens is 4. The van der Waals surface area contributed by atoms with E-state index in [2.05, 4.69) is 9.97 Å². The van der Waals surface area contributed by atoms with Crippen molar-refractivity contribution < 1.29 is 27.1 Å². The SMILES string of the molecule is O=C(c1ccncc1F)N1CC(Oc2ccnc(C(F)(F)F)c2)C1. The molecule has 1 aliphatic heterocycles. The Hall–Kier alpha value is -2.71. The van der Waals surface area contributed by atoms with E-state index in [1.165, 1.54) is 23.2 Å². The van der Waals surface area contributed by atoms with Gasteiger partial charge in [-0.15, -0.1) is 0 Å². The first-order valence-corrected chi connectivity index (χ1v) is 6.93. The summed E-state index contributed by atoms with van der Waals surface area (Å²) in [5.74, 6) is -1.22. The lowest BCUT2D eigenvalue weighted by molar-refractivity contribution is -0.141. The molecule has 0 saturated carbocycles. The molecule has 0 aliphatic carbocycles. The van der Waals surface area contributed by atoms with Crippen LogP contribution in [0.3, 0.4) is 0 Å². The minimum atomic E-state index is -4.56. The number of hydrogen-bond acceptors (Lipinski definition) is 4. The first kappa shape index (κ1) is 16.2. The molecule has 1 fully saturated rings. The standard InChI is InChI=1S/C15H11F4N3O2/c16-12-6-20-3-2-11(12)14(23)22-7-10(8-22)24-9-1-4-21-13(5-9)15(17,18)19/h1-6,10H,7-8H2. The van der Waals surface area contributed by atoms with Crippen LogP contribution in [-0.4, -0.2) is 40.0 Å². The highest BCUT2D eigenvalue weighted by atomic mass is 19.4. The average molecular weight is 341 g/mol. The van der Waals surface area contributed by atoms with Crippen molar-refractivity contribution in [1.82, 2.24) is 14.9 Å². The van der Waals surface area contributed by atoms with Gasteiger partial charge in [0.05, 0.1) is 24.8 Å². The highest BCUT2D eigenvalue weighted by Gasteiger charge is 2.35. The van der Waals surface area contributed by atoms with Gasteiger partial charge in [-0.1, -0.05) is 0 Å². The van der Waals surface area contributed by atoms with E-state index in [1.807, 2.05) is 0 Å². The quantitative estimate of drug-likeness (QED) is 0.805. The number of carbonyl (C=O) groups is 1. The Balaban J connectivity index is 1.60. The van der Waals surface area contributed by atoms with Crippen LogP contribution in [0.1, 0.15) is 16.1 Å². The predicted octanol–water partition coefficient (Wildman–Crippen LogP) is 2.54. The Bertz CT molecular complexity index is 760. The van der Waals surface area contributed by atoms with Crippen molar-refractivity contribution in [3.8, 4) is 5.75 Å². The van der Waals surface area contributed by atoms with E-state index in [0.717, 1.165) is 18.5 Å². The van der Waals surface area contributed by atoms with Crippen molar-refractivity contribution in [2.45, 2.75) is 12.3 Å². The normalized spacial score (nSPS) is 15.1. The molecule has 0 aromatic carbocycles. The van der Waals surface area contributed by atoms with Crippen molar-refractivity contribution in [2.75, 3.05) is 13.1 Å². The molecule has 0 N–H and O–H groups in total. The molecule has 2 aromatic heterocycles. The summed E-state index contributed by atoms with van der Waals surface area (Å²) in [6.07, 6.45) is -1.76. The van der Waals surface area contributed by atoms with E-state index in [-0.39, 0.29) is 24.4 Å². The fourth-order valence-corrected chi connectivity index (χ4v) is 2.23. The number of likely N-dealkylation sites (tertiary alicyclic amines) is 1. The van der Waals surface area contributed by atoms with Gasteiger partial charge in [0.15, 0.2) is 5.82 Å². The van der Waals surface area contributed by atoms with E-state index in [0.29, 0.717) is 0 Å². The fraction of sp³-hybridized carbons (Fsp3) is 0.267. The van der Waals surface area contributed by atoms with Crippen molar-refractivity contribution in [2.24, 2.45) is 0 Å². The highest BCUT2D eigenvalue weighted by molar-refractivity contribution is 5.94. The maximum absolute atomic E-state index is 13.5. The lowest BCUT2D eigenvalue weighted by Crippen LogP contribution is -2.56. The van der Waals surface area contributed by atoms with Gasteiger partial charge in [-0.25, -0.2) is 4.39 Å². The number of carbonyl (C=O) groups excluding carboxylic acids is 1. The molecule has 2 aromatic rings. The smallest absolute Gasteiger partial charge is 0.433 e. The summed E-state index contributed by atoms with van der Waals surface area (Å²) >= 11 is 0. The van der Waals surface area contributed by atoms with Crippen LogP contribution in [0, 0.1) is 5.82 Å². The number of hydrogen-bond donors (Lipinski definition) is 0. The van der Waals surface area contributed by atoms with E-state index >= 15 is 0 Å². The minimum Gasteiger partial charge on any atom is -0.487 e. The summed E-state index contributed by atoms with van der Waals surface area (Å²) in [7, 11) is 0. The summed E-state index contributed by atoms with van der Waals surface area (Å²) in [6.45, 7) is 0.314. The van der Waals surface area contributed by atoms with Gasteiger partial charge in [-0.05, 0) is 12.1 Å². The molecule has 0 atom stereocenters.